The summed E-state index contributed by atoms with van der Waals surface area (Å²) in [6, 6.07) is 3.74. The fourth-order valence-electron chi connectivity index (χ4n) is 2.14. The van der Waals surface area contributed by atoms with Gasteiger partial charge >= 0.3 is 8.69 Å². The average Bonchev–Trinajstić information content (AvgIpc) is 2.27. The summed E-state index contributed by atoms with van der Waals surface area (Å²) in [7, 11) is -2.96. The minimum absolute atomic E-state index is 0.256. The molecular weight excluding hydrogens is 290 g/mol. The van der Waals surface area contributed by atoms with Crippen LogP contribution in [-0.4, -0.2) is 11.5 Å². The van der Waals surface area contributed by atoms with Crippen LogP contribution in [0.15, 0.2) is 12.1 Å². The van der Waals surface area contributed by atoms with Crippen molar-refractivity contribution >= 4 is 8.69 Å². The van der Waals surface area contributed by atoms with Crippen molar-refractivity contribution in [1.82, 2.24) is 0 Å². The molecule has 0 aromatic heterocycles. The zero-order valence-corrected chi connectivity index (χ0v) is 14.8. The molecular formula is C16H26FO3P. The quantitative estimate of drug-likeness (QED) is 0.771. The van der Waals surface area contributed by atoms with Crippen molar-refractivity contribution in [1.29, 1.82) is 0 Å². The minimum Gasteiger partial charge on any atom is -0.494 e. The van der Waals surface area contributed by atoms with Crippen LogP contribution >= 0.6 is 8.69 Å². The topological polar surface area (TPSA) is 38.7 Å². The van der Waals surface area contributed by atoms with E-state index in [1.807, 2.05) is 60.6 Å². The highest BCUT2D eigenvalue weighted by Crippen LogP contribution is 2.47. The molecule has 120 valence electrons. The number of ether oxygens (including phenoxy) is 1. The highest BCUT2D eigenvalue weighted by atomic mass is 31.2. The van der Waals surface area contributed by atoms with Gasteiger partial charge in [0.05, 0.1) is 6.61 Å². The molecule has 0 fully saturated rings. The summed E-state index contributed by atoms with van der Waals surface area (Å²) in [6.45, 7) is 14.6. The fraction of sp³-hybridized carbons (Fsp3) is 0.625. The van der Waals surface area contributed by atoms with Crippen molar-refractivity contribution in [2.75, 3.05) is 6.61 Å². The first-order valence-corrected chi connectivity index (χ1v) is 8.21. The van der Waals surface area contributed by atoms with Gasteiger partial charge in [-0.25, -0.2) is 0 Å². The van der Waals surface area contributed by atoms with E-state index in [1.165, 1.54) is 0 Å². The highest BCUT2D eigenvalue weighted by Gasteiger charge is 2.29. The predicted molar refractivity (Wildman–Crippen MR) is 85.9 cm³/mol. The third kappa shape index (κ3) is 4.82. The molecule has 1 atom stereocenters. The lowest BCUT2D eigenvalue weighted by Crippen LogP contribution is -2.19. The molecule has 0 aliphatic heterocycles. The van der Waals surface area contributed by atoms with Gasteiger partial charge in [-0.15, -0.1) is 4.20 Å². The normalized spacial score (nSPS) is 14.0. The first kappa shape index (κ1) is 18.2. The Kier molecular flexibility index (Phi) is 5.63. The van der Waals surface area contributed by atoms with Crippen LogP contribution in [0.3, 0.4) is 0 Å². The zero-order valence-electron chi connectivity index (χ0n) is 14.0. The molecule has 1 aromatic rings. The molecule has 0 aliphatic carbocycles. The predicted octanol–water partition coefficient (Wildman–Crippen LogP) is 5.25. The minimum atomic E-state index is -2.96. The van der Waals surface area contributed by atoms with E-state index in [9.17, 15) is 4.20 Å². The van der Waals surface area contributed by atoms with E-state index in [0.717, 1.165) is 16.9 Å². The van der Waals surface area contributed by atoms with E-state index >= 15 is 0 Å². The second-order valence-corrected chi connectivity index (χ2v) is 7.73. The number of benzene rings is 1. The van der Waals surface area contributed by atoms with Gasteiger partial charge in [0, 0.05) is 11.1 Å². The molecule has 0 spiro atoms. The third-order valence-corrected chi connectivity index (χ3v) is 3.49. The Morgan fingerprint density at radius 3 is 1.76 bits per heavy atom. The van der Waals surface area contributed by atoms with E-state index in [-0.39, 0.29) is 10.8 Å². The van der Waals surface area contributed by atoms with Crippen molar-refractivity contribution in [2.45, 2.75) is 59.3 Å². The maximum Gasteiger partial charge on any atom is 0.436 e. The maximum atomic E-state index is 13.1. The van der Waals surface area contributed by atoms with Gasteiger partial charge < -0.3 is 14.2 Å². The first-order chi connectivity index (χ1) is 9.46. The lowest BCUT2D eigenvalue weighted by Gasteiger charge is -2.30. The monoisotopic (exact) mass is 316 g/mol. The number of halogens is 1. The van der Waals surface area contributed by atoms with Crippen molar-refractivity contribution < 1.29 is 18.4 Å². The molecule has 1 unspecified atom stereocenters. The maximum absolute atomic E-state index is 13.1. The van der Waals surface area contributed by atoms with Gasteiger partial charge in [-0.3, -0.25) is 0 Å². The van der Waals surface area contributed by atoms with Crippen LogP contribution in [-0.2, 0) is 10.8 Å². The number of rotatable bonds is 4. The molecule has 0 aliphatic rings. The SMILES string of the molecule is CCOc1cc(C(C)(C)C)c(OP(O)F)c(C(C)(C)C)c1. The van der Waals surface area contributed by atoms with Crippen LogP contribution in [0.2, 0.25) is 0 Å². The summed E-state index contributed by atoms with van der Waals surface area (Å²) in [5, 5.41) is 0. The van der Waals surface area contributed by atoms with E-state index in [4.69, 9.17) is 14.2 Å². The standard InChI is InChI=1S/C16H26FO3P/c1-8-19-11-9-12(15(2,3)4)14(20-21(17)18)13(10-11)16(5,6)7/h9-10,18H,8H2,1-7H3. The Hall–Kier alpha value is -0.860. The van der Waals surface area contributed by atoms with Gasteiger partial charge in [0.25, 0.3) is 0 Å². The van der Waals surface area contributed by atoms with E-state index < -0.39 is 8.69 Å². The van der Waals surface area contributed by atoms with Crippen LogP contribution in [0.4, 0.5) is 4.20 Å². The van der Waals surface area contributed by atoms with Gasteiger partial charge in [-0.2, -0.15) is 0 Å². The summed E-state index contributed by atoms with van der Waals surface area (Å²) in [5.74, 6) is 1.16. The summed E-state index contributed by atoms with van der Waals surface area (Å²) in [4.78, 5) is 9.10. The average molecular weight is 316 g/mol. The van der Waals surface area contributed by atoms with Crippen LogP contribution in [0.1, 0.15) is 59.6 Å². The molecule has 1 N–H and O–H groups in total. The second-order valence-electron chi connectivity index (χ2n) is 7.10. The van der Waals surface area contributed by atoms with Gasteiger partial charge in [0.15, 0.2) is 0 Å². The molecule has 1 rings (SSSR count). The molecule has 5 heteroatoms. The Morgan fingerprint density at radius 2 is 1.48 bits per heavy atom. The van der Waals surface area contributed by atoms with Gasteiger partial charge in [0.1, 0.15) is 11.5 Å². The largest absolute Gasteiger partial charge is 0.494 e. The molecule has 0 saturated heterocycles. The Bertz CT molecular complexity index is 452. The van der Waals surface area contributed by atoms with E-state index in [0.29, 0.717) is 12.4 Å². The smallest absolute Gasteiger partial charge is 0.436 e. The lowest BCUT2D eigenvalue weighted by atomic mass is 9.79. The Morgan fingerprint density at radius 1 is 1.05 bits per heavy atom. The Labute approximate surface area is 128 Å². The molecule has 0 heterocycles. The fourth-order valence-corrected chi connectivity index (χ4v) is 2.49. The van der Waals surface area contributed by atoms with Gasteiger partial charge in [0.2, 0.25) is 0 Å². The van der Waals surface area contributed by atoms with Gasteiger partial charge in [-0.05, 0) is 29.9 Å². The summed E-state index contributed by atoms with van der Waals surface area (Å²) in [6.07, 6.45) is 0. The third-order valence-electron chi connectivity index (χ3n) is 3.16. The van der Waals surface area contributed by atoms with E-state index in [2.05, 4.69) is 0 Å². The van der Waals surface area contributed by atoms with Crippen LogP contribution in [0, 0.1) is 0 Å². The first-order valence-electron chi connectivity index (χ1n) is 7.11. The van der Waals surface area contributed by atoms with Crippen LogP contribution < -0.4 is 9.26 Å². The summed E-state index contributed by atoms with van der Waals surface area (Å²) < 4.78 is 23.9. The molecule has 3 nitrogen and oxygen atoms in total. The van der Waals surface area contributed by atoms with Crippen molar-refractivity contribution in [3.05, 3.63) is 23.3 Å². The van der Waals surface area contributed by atoms with Gasteiger partial charge in [-0.1, -0.05) is 41.5 Å². The molecule has 0 radical (unpaired) electrons. The Balaban J connectivity index is 3.61. The lowest BCUT2D eigenvalue weighted by molar-refractivity contribution is 0.335. The molecule has 21 heavy (non-hydrogen) atoms. The van der Waals surface area contributed by atoms with Crippen molar-refractivity contribution in [2.24, 2.45) is 0 Å². The van der Waals surface area contributed by atoms with Crippen LogP contribution in [0.5, 0.6) is 11.5 Å². The second kappa shape index (κ2) is 6.50. The van der Waals surface area contributed by atoms with Crippen molar-refractivity contribution in [3.8, 4) is 11.5 Å². The summed E-state index contributed by atoms with van der Waals surface area (Å²) >= 11 is 0. The summed E-state index contributed by atoms with van der Waals surface area (Å²) in [5.41, 5.74) is 1.15. The molecule has 1 aromatic carbocycles. The number of hydrogen-bond donors (Lipinski definition) is 1. The van der Waals surface area contributed by atoms with E-state index in [1.54, 1.807) is 0 Å². The van der Waals surface area contributed by atoms with Crippen molar-refractivity contribution in [3.63, 3.8) is 0 Å². The zero-order chi connectivity index (χ0) is 16.4. The number of hydrogen-bond acceptors (Lipinski definition) is 3. The van der Waals surface area contributed by atoms with Crippen LogP contribution in [0.25, 0.3) is 0 Å². The molecule has 0 amide bonds. The highest BCUT2D eigenvalue weighted by molar-refractivity contribution is 7.40. The molecule has 0 saturated carbocycles. The molecule has 0 bridgehead atoms.